The summed E-state index contributed by atoms with van der Waals surface area (Å²) in [6.45, 7) is 4.54. The molecule has 0 radical (unpaired) electrons. The average Bonchev–Trinajstić information content (AvgIpc) is 3.42. The second-order valence-corrected chi connectivity index (χ2v) is 7.88. The normalized spacial score (nSPS) is 24.6. The lowest BCUT2D eigenvalue weighted by Crippen LogP contribution is -2.44. The smallest absolute Gasteiger partial charge is 0.231 e. The van der Waals surface area contributed by atoms with Gasteiger partial charge in [-0.15, -0.1) is 0 Å². The Morgan fingerprint density at radius 1 is 1.00 bits per heavy atom. The van der Waals surface area contributed by atoms with Crippen LogP contribution in [-0.2, 0) is 0 Å². The van der Waals surface area contributed by atoms with Gasteiger partial charge in [-0.1, -0.05) is 24.3 Å². The molecule has 3 aliphatic rings. The number of hydrogen-bond acceptors (Lipinski definition) is 6. The molecule has 0 aromatic heterocycles. The van der Waals surface area contributed by atoms with Crippen LogP contribution in [0.15, 0.2) is 48.5 Å². The molecule has 3 heterocycles. The van der Waals surface area contributed by atoms with E-state index in [-0.39, 0.29) is 6.04 Å². The van der Waals surface area contributed by atoms with Gasteiger partial charge in [0.1, 0.15) is 0 Å². The Morgan fingerprint density at radius 2 is 1.82 bits per heavy atom. The first kappa shape index (κ1) is 17.8. The van der Waals surface area contributed by atoms with E-state index in [1.165, 1.54) is 24.1 Å². The maximum Gasteiger partial charge on any atom is 0.231 e. The van der Waals surface area contributed by atoms with Crippen LogP contribution in [0.25, 0.3) is 0 Å². The second-order valence-electron chi connectivity index (χ2n) is 7.88. The number of hydrazine groups is 1. The fraction of sp³-hybridized carbons (Fsp3) is 0.455. The van der Waals surface area contributed by atoms with E-state index in [1.807, 2.05) is 6.07 Å². The summed E-state index contributed by atoms with van der Waals surface area (Å²) in [5, 5.41) is 3.83. The monoisotopic (exact) mass is 380 g/mol. The van der Waals surface area contributed by atoms with Crippen LogP contribution in [0.5, 0.6) is 11.5 Å². The summed E-state index contributed by atoms with van der Waals surface area (Å²) in [7, 11) is 0. The van der Waals surface area contributed by atoms with Crippen LogP contribution in [0.1, 0.15) is 24.4 Å². The lowest BCUT2D eigenvalue weighted by molar-refractivity contribution is 0.174. The molecule has 6 heteroatoms. The van der Waals surface area contributed by atoms with E-state index in [9.17, 15) is 0 Å². The first-order valence-electron chi connectivity index (χ1n) is 10.3. The molecule has 0 aliphatic carbocycles. The molecule has 5 rings (SSSR count). The first-order valence-corrected chi connectivity index (χ1v) is 10.3. The van der Waals surface area contributed by atoms with Crippen molar-refractivity contribution in [2.45, 2.75) is 24.9 Å². The average molecular weight is 380 g/mol. The van der Waals surface area contributed by atoms with Crippen LogP contribution in [-0.4, -0.2) is 39.0 Å². The van der Waals surface area contributed by atoms with E-state index in [1.54, 1.807) is 0 Å². The van der Waals surface area contributed by atoms with E-state index in [0.717, 1.165) is 37.7 Å². The molecule has 2 aromatic rings. The summed E-state index contributed by atoms with van der Waals surface area (Å²) in [6, 6.07) is 17.9. The van der Waals surface area contributed by atoms with Crippen LogP contribution < -0.4 is 30.5 Å². The zero-order chi connectivity index (χ0) is 18.8. The topological polar surface area (TPSA) is 57.8 Å². The fourth-order valence-corrected chi connectivity index (χ4v) is 4.49. The standard InChI is InChI=1S/C22H28N4O2/c1-2-4-19(5-3-1)26-10-8-18(9-11-26)23-13-17-14-24-25-22(17)16-6-7-20-21(12-16)28-15-27-20/h1-7,12,17-18,22-25H,8-11,13-15H2. The predicted molar refractivity (Wildman–Crippen MR) is 110 cm³/mol. The summed E-state index contributed by atoms with van der Waals surface area (Å²) in [5.74, 6) is 2.20. The number of para-hydroxylation sites is 1. The lowest BCUT2D eigenvalue weighted by Gasteiger charge is -2.34. The van der Waals surface area contributed by atoms with Gasteiger partial charge in [-0.25, -0.2) is 5.43 Å². The van der Waals surface area contributed by atoms with Gasteiger partial charge in [0.2, 0.25) is 6.79 Å². The van der Waals surface area contributed by atoms with Crippen LogP contribution in [0.3, 0.4) is 0 Å². The number of rotatable bonds is 5. The summed E-state index contributed by atoms with van der Waals surface area (Å²) < 4.78 is 11.0. The molecule has 148 valence electrons. The van der Waals surface area contributed by atoms with Crippen molar-refractivity contribution in [1.82, 2.24) is 16.2 Å². The van der Waals surface area contributed by atoms with Gasteiger partial charge in [-0.05, 0) is 42.7 Å². The van der Waals surface area contributed by atoms with E-state index in [4.69, 9.17) is 9.47 Å². The van der Waals surface area contributed by atoms with Crippen LogP contribution >= 0.6 is 0 Å². The van der Waals surface area contributed by atoms with Gasteiger partial charge in [0.05, 0.1) is 6.04 Å². The molecule has 0 saturated carbocycles. The Hall–Kier alpha value is -2.28. The Balaban J connectivity index is 1.15. The Kier molecular flexibility index (Phi) is 5.08. The van der Waals surface area contributed by atoms with Crippen LogP contribution in [0, 0.1) is 5.92 Å². The molecule has 0 spiro atoms. The van der Waals surface area contributed by atoms with Crippen molar-refractivity contribution in [1.29, 1.82) is 0 Å². The van der Waals surface area contributed by atoms with E-state index in [0.29, 0.717) is 18.8 Å². The molecular formula is C22H28N4O2. The largest absolute Gasteiger partial charge is 0.454 e. The zero-order valence-electron chi connectivity index (χ0n) is 16.1. The van der Waals surface area contributed by atoms with Crippen LogP contribution in [0.2, 0.25) is 0 Å². The highest BCUT2D eigenvalue weighted by Gasteiger charge is 2.30. The van der Waals surface area contributed by atoms with Crippen molar-refractivity contribution in [2.24, 2.45) is 5.92 Å². The minimum absolute atomic E-state index is 0.284. The van der Waals surface area contributed by atoms with Gasteiger partial charge in [0, 0.05) is 43.8 Å². The first-order chi connectivity index (χ1) is 13.9. The second kappa shape index (κ2) is 7.99. The third-order valence-electron chi connectivity index (χ3n) is 6.13. The summed E-state index contributed by atoms with van der Waals surface area (Å²) in [4.78, 5) is 2.49. The highest BCUT2D eigenvalue weighted by Crippen LogP contribution is 2.36. The number of ether oxygens (including phenoxy) is 2. The summed E-state index contributed by atoms with van der Waals surface area (Å²) in [6.07, 6.45) is 2.38. The summed E-state index contributed by atoms with van der Waals surface area (Å²) in [5.41, 5.74) is 9.36. The quantitative estimate of drug-likeness (QED) is 0.741. The Morgan fingerprint density at radius 3 is 2.68 bits per heavy atom. The van der Waals surface area contributed by atoms with Gasteiger partial charge in [0.15, 0.2) is 11.5 Å². The maximum atomic E-state index is 5.54. The number of hydrogen-bond donors (Lipinski definition) is 3. The molecule has 2 saturated heterocycles. The predicted octanol–water partition coefficient (Wildman–Crippen LogP) is 2.44. The molecule has 0 bridgehead atoms. The number of fused-ring (bicyclic) bond motifs is 1. The number of benzene rings is 2. The molecule has 2 fully saturated rings. The minimum Gasteiger partial charge on any atom is -0.454 e. The highest BCUT2D eigenvalue weighted by atomic mass is 16.7. The fourth-order valence-electron chi connectivity index (χ4n) is 4.49. The molecule has 3 N–H and O–H groups in total. The molecule has 2 unspecified atom stereocenters. The molecule has 2 aromatic carbocycles. The zero-order valence-corrected chi connectivity index (χ0v) is 16.1. The lowest BCUT2D eigenvalue weighted by atomic mass is 9.93. The van der Waals surface area contributed by atoms with E-state index < -0.39 is 0 Å². The minimum atomic E-state index is 0.284. The van der Waals surface area contributed by atoms with Crippen molar-refractivity contribution in [3.05, 3.63) is 54.1 Å². The number of anilines is 1. The van der Waals surface area contributed by atoms with Gasteiger partial charge >= 0.3 is 0 Å². The van der Waals surface area contributed by atoms with Crippen molar-refractivity contribution >= 4 is 5.69 Å². The van der Waals surface area contributed by atoms with Gasteiger partial charge in [-0.3, -0.25) is 5.43 Å². The Bertz CT molecular complexity index is 792. The number of piperidine rings is 1. The van der Waals surface area contributed by atoms with E-state index in [2.05, 4.69) is 63.5 Å². The number of nitrogens with one attached hydrogen (secondary N) is 3. The molecular weight excluding hydrogens is 352 g/mol. The molecule has 2 atom stereocenters. The van der Waals surface area contributed by atoms with Crippen molar-refractivity contribution in [3.63, 3.8) is 0 Å². The molecule has 3 aliphatic heterocycles. The van der Waals surface area contributed by atoms with Crippen molar-refractivity contribution in [3.8, 4) is 11.5 Å². The maximum absolute atomic E-state index is 5.54. The van der Waals surface area contributed by atoms with Gasteiger partial charge < -0.3 is 19.7 Å². The molecule has 6 nitrogen and oxygen atoms in total. The van der Waals surface area contributed by atoms with Gasteiger partial charge in [0.25, 0.3) is 0 Å². The van der Waals surface area contributed by atoms with Crippen molar-refractivity contribution < 1.29 is 9.47 Å². The van der Waals surface area contributed by atoms with Gasteiger partial charge in [-0.2, -0.15) is 0 Å². The highest BCUT2D eigenvalue weighted by molar-refractivity contribution is 5.46. The van der Waals surface area contributed by atoms with E-state index >= 15 is 0 Å². The third kappa shape index (κ3) is 3.68. The molecule has 28 heavy (non-hydrogen) atoms. The van der Waals surface area contributed by atoms with Crippen molar-refractivity contribution in [2.75, 3.05) is 37.9 Å². The third-order valence-corrected chi connectivity index (χ3v) is 6.13. The Labute approximate surface area is 166 Å². The SMILES string of the molecule is c1ccc(N2CCC(NCC3CNNC3c3ccc4c(c3)OCO4)CC2)cc1. The van der Waals surface area contributed by atoms with Crippen LogP contribution in [0.4, 0.5) is 5.69 Å². The summed E-state index contributed by atoms with van der Waals surface area (Å²) >= 11 is 0. The molecule has 0 amide bonds. The number of nitrogens with zero attached hydrogens (tertiary/aromatic N) is 1.